The van der Waals surface area contributed by atoms with Crippen LogP contribution in [0.1, 0.15) is 37.9 Å². The molecule has 3 unspecified atom stereocenters. The fourth-order valence-electron chi connectivity index (χ4n) is 3.40. The number of hydrogen-bond acceptors (Lipinski definition) is 3. The smallest absolute Gasteiger partial charge is 0.238 e. The molecule has 3 atom stereocenters. The third-order valence-electron chi connectivity index (χ3n) is 4.28. The second-order valence-electron chi connectivity index (χ2n) is 5.54. The molecular formula is C16H22N2OS. The molecule has 2 aliphatic rings. The van der Waals surface area contributed by atoms with Gasteiger partial charge in [0.2, 0.25) is 5.91 Å². The molecule has 2 fully saturated rings. The number of amides is 1. The lowest BCUT2D eigenvalue weighted by Gasteiger charge is -2.30. The van der Waals surface area contributed by atoms with Crippen molar-refractivity contribution in [1.82, 2.24) is 10.2 Å². The van der Waals surface area contributed by atoms with Gasteiger partial charge in [-0.1, -0.05) is 37.3 Å². The van der Waals surface area contributed by atoms with Gasteiger partial charge in [-0.3, -0.25) is 10.1 Å². The fourth-order valence-corrected chi connectivity index (χ4v) is 4.54. The molecule has 1 heterocycles. The van der Waals surface area contributed by atoms with E-state index in [4.69, 9.17) is 0 Å². The van der Waals surface area contributed by atoms with E-state index in [9.17, 15) is 4.79 Å². The molecular weight excluding hydrogens is 268 g/mol. The van der Waals surface area contributed by atoms with Gasteiger partial charge in [0.05, 0.1) is 6.54 Å². The van der Waals surface area contributed by atoms with Gasteiger partial charge in [-0.2, -0.15) is 11.8 Å². The summed E-state index contributed by atoms with van der Waals surface area (Å²) in [4.78, 5) is 14.4. The van der Waals surface area contributed by atoms with Crippen LogP contribution in [0.5, 0.6) is 0 Å². The van der Waals surface area contributed by atoms with Crippen molar-refractivity contribution in [3.8, 4) is 0 Å². The van der Waals surface area contributed by atoms with Crippen molar-refractivity contribution in [2.24, 2.45) is 0 Å². The second kappa shape index (κ2) is 6.19. The molecule has 4 heteroatoms. The van der Waals surface area contributed by atoms with Crippen molar-refractivity contribution < 1.29 is 4.79 Å². The normalized spacial score (nSPS) is 30.1. The van der Waals surface area contributed by atoms with E-state index < -0.39 is 0 Å². The van der Waals surface area contributed by atoms with Gasteiger partial charge in [0.25, 0.3) is 0 Å². The van der Waals surface area contributed by atoms with E-state index in [-0.39, 0.29) is 12.1 Å². The largest absolute Gasteiger partial charge is 0.319 e. The molecule has 1 aliphatic carbocycles. The van der Waals surface area contributed by atoms with Crippen LogP contribution >= 0.6 is 11.8 Å². The topological polar surface area (TPSA) is 32.3 Å². The van der Waals surface area contributed by atoms with E-state index in [2.05, 4.69) is 29.3 Å². The van der Waals surface area contributed by atoms with Crippen LogP contribution < -0.4 is 5.32 Å². The Balaban J connectivity index is 1.75. The molecule has 1 saturated carbocycles. The molecule has 1 saturated heterocycles. The van der Waals surface area contributed by atoms with Crippen LogP contribution in [0.3, 0.4) is 0 Å². The summed E-state index contributed by atoms with van der Waals surface area (Å²) in [5.74, 6) is 1.43. The Morgan fingerprint density at radius 2 is 2.10 bits per heavy atom. The molecule has 20 heavy (non-hydrogen) atoms. The maximum absolute atomic E-state index is 12.3. The minimum atomic E-state index is 0.0686. The molecule has 108 valence electrons. The van der Waals surface area contributed by atoms with Gasteiger partial charge in [0, 0.05) is 11.3 Å². The number of nitrogens with one attached hydrogen (secondary N) is 1. The zero-order valence-electron chi connectivity index (χ0n) is 11.9. The lowest BCUT2D eigenvalue weighted by Crippen LogP contribution is -2.38. The summed E-state index contributed by atoms with van der Waals surface area (Å²) in [5, 5.41) is 4.10. The average Bonchev–Trinajstić information content (AvgIpc) is 3.07. The van der Waals surface area contributed by atoms with Crippen LogP contribution in [0.25, 0.3) is 0 Å². The first-order valence-corrected chi connectivity index (χ1v) is 8.55. The van der Waals surface area contributed by atoms with Crippen molar-refractivity contribution in [2.75, 3.05) is 12.3 Å². The second-order valence-corrected chi connectivity index (χ2v) is 7.12. The van der Waals surface area contributed by atoms with E-state index in [0.717, 1.165) is 18.1 Å². The van der Waals surface area contributed by atoms with Crippen molar-refractivity contribution in [3.05, 3.63) is 35.9 Å². The first-order valence-electron chi connectivity index (χ1n) is 7.50. The van der Waals surface area contributed by atoms with Crippen molar-refractivity contribution in [3.63, 3.8) is 0 Å². The van der Waals surface area contributed by atoms with Gasteiger partial charge in [-0.15, -0.1) is 0 Å². The number of carbonyl (C=O) groups excluding carboxylic acids is 1. The summed E-state index contributed by atoms with van der Waals surface area (Å²) in [5.41, 5.74) is 1.20. The van der Waals surface area contributed by atoms with Crippen LogP contribution in [0, 0.1) is 0 Å². The van der Waals surface area contributed by atoms with Crippen LogP contribution in [-0.4, -0.2) is 34.4 Å². The maximum atomic E-state index is 12.3. The number of benzene rings is 1. The van der Waals surface area contributed by atoms with E-state index in [0.29, 0.717) is 12.6 Å². The summed E-state index contributed by atoms with van der Waals surface area (Å²) in [6.45, 7) is 2.69. The molecule has 0 aromatic heterocycles. The van der Waals surface area contributed by atoms with E-state index in [1.807, 2.05) is 30.0 Å². The van der Waals surface area contributed by atoms with Crippen LogP contribution in [-0.2, 0) is 4.79 Å². The number of rotatable bonds is 4. The fraction of sp³-hybridized carbons (Fsp3) is 0.562. The summed E-state index contributed by atoms with van der Waals surface area (Å²) in [7, 11) is 0. The predicted octanol–water partition coefficient (Wildman–Crippen LogP) is 2.79. The van der Waals surface area contributed by atoms with E-state index >= 15 is 0 Å². The lowest BCUT2D eigenvalue weighted by molar-refractivity contribution is -0.130. The Kier molecular flexibility index (Phi) is 4.32. The van der Waals surface area contributed by atoms with Crippen LogP contribution in [0.15, 0.2) is 30.3 Å². The Hall–Kier alpha value is -1.00. The first-order chi connectivity index (χ1) is 9.79. The molecule has 0 spiro atoms. The third-order valence-corrected chi connectivity index (χ3v) is 5.51. The molecule has 1 N–H and O–H groups in total. The minimum Gasteiger partial charge on any atom is -0.319 e. The Labute approximate surface area is 125 Å². The van der Waals surface area contributed by atoms with Gasteiger partial charge >= 0.3 is 0 Å². The standard InChI is InChI=1S/C16H22N2OS/c1-2-20-14-9-8-13(10-14)18-15(19)11-17-16(18)12-6-4-3-5-7-12/h3-7,13-14,16-17H,2,8-11H2,1H3. The highest BCUT2D eigenvalue weighted by atomic mass is 32.2. The molecule has 0 radical (unpaired) electrons. The molecule has 0 bridgehead atoms. The lowest BCUT2D eigenvalue weighted by atomic mass is 10.1. The monoisotopic (exact) mass is 290 g/mol. The average molecular weight is 290 g/mol. The SMILES string of the molecule is CCSC1CCC(N2C(=O)CNC2c2ccccc2)C1. The molecule has 1 aliphatic heterocycles. The first kappa shape index (κ1) is 14.0. The molecule has 1 amide bonds. The summed E-state index contributed by atoms with van der Waals surface area (Å²) in [6.07, 6.45) is 3.61. The molecule has 3 nitrogen and oxygen atoms in total. The van der Waals surface area contributed by atoms with Gasteiger partial charge < -0.3 is 4.90 Å². The summed E-state index contributed by atoms with van der Waals surface area (Å²) in [6, 6.07) is 10.7. The van der Waals surface area contributed by atoms with Crippen LogP contribution in [0.4, 0.5) is 0 Å². The number of nitrogens with zero attached hydrogens (tertiary/aromatic N) is 1. The van der Waals surface area contributed by atoms with Crippen molar-refractivity contribution >= 4 is 17.7 Å². The Bertz CT molecular complexity index is 465. The highest BCUT2D eigenvalue weighted by Crippen LogP contribution is 2.37. The summed E-state index contributed by atoms with van der Waals surface area (Å²) < 4.78 is 0. The van der Waals surface area contributed by atoms with Gasteiger partial charge in [0.15, 0.2) is 0 Å². The minimum absolute atomic E-state index is 0.0686. The van der Waals surface area contributed by atoms with Gasteiger partial charge in [-0.05, 0) is 30.6 Å². The van der Waals surface area contributed by atoms with E-state index in [1.165, 1.54) is 17.7 Å². The van der Waals surface area contributed by atoms with Gasteiger partial charge in [0.1, 0.15) is 6.17 Å². The zero-order valence-corrected chi connectivity index (χ0v) is 12.7. The number of carbonyl (C=O) groups is 1. The molecule has 1 aromatic rings. The Morgan fingerprint density at radius 1 is 1.30 bits per heavy atom. The highest BCUT2D eigenvalue weighted by molar-refractivity contribution is 7.99. The number of hydrogen-bond donors (Lipinski definition) is 1. The summed E-state index contributed by atoms with van der Waals surface area (Å²) >= 11 is 2.04. The highest BCUT2D eigenvalue weighted by Gasteiger charge is 2.39. The van der Waals surface area contributed by atoms with Gasteiger partial charge in [-0.25, -0.2) is 0 Å². The third kappa shape index (κ3) is 2.72. The van der Waals surface area contributed by atoms with Crippen molar-refractivity contribution in [1.29, 1.82) is 0 Å². The maximum Gasteiger partial charge on any atom is 0.238 e. The quantitative estimate of drug-likeness (QED) is 0.925. The Morgan fingerprint density at radius 3 is 2.85 bits per heavy atom. The van der Waals surface area contributed by atoms with Crippen LogP contribution in [0.2, 0.25) is 0 Å². The van der Waals surface area contributed by atoms with Crippen molar-refractivity contribution in [2.45, 2.75) is 43.6 Å². The zero-order chi connectivity index (χ0) is 13.9. The van der Waals surface area contributed by atoms with E-state index in [1.54, 1.807) is 0 Å². The number of thioether (sulfide) groups is 1. The predicted molar refractivity (Wildman–Crippen MR) is 83.6 cm³/mol. The molecule has 1 aromatic carbocycles. The molecule has 3 rings (SSSR count).